The van der Waals surface area contributed by atoms with Crippen LogP contribution in [-0.4, -0.2) is 89.3 Å². The number of nitrogens with one attached hydrogen (secondary N) is 1. The van der Waals surface area contributed by atoms with Gasteiger partial charge in [0.2, 0.25) is 5.91 Å². The van der Waals surface area contributed by atoms with Gasteiger partial charge in [-0.05, 0) is 67.4 Å². The molecule has 0 bridgehead atoms. The van der Waals surface area contributed by atoms with Gasteiger partial charge in [-0.15, -0.1) is 0 Å². The van der Waals surface area contributed by atoms with Crippen molar-refractivity contribution in [2.24, 2.45) is 0 Å². The van der Waals surface area contributed by atoms with Crippen molar-refractivity contribution in [3.05, 3.63) is 22.7 Å². The normalized spacial score (nSPS) is 18.6. The van der Waals surface area contributed by atoms with Crippen molar-refractivity contribution in [3.8, 4) is 5.75 Å². The van der Waals surface area contributed by atoms with E-state index in [0.29, 0.717) is 19.4 Å². The molecule has 1 aromatic carbocycles. The molecule has 3 rings (SSSR count). The Morgan fingerprint density at radius 2 is 1.86 bits per heavy atom. The van der Waals surface area contributed by atoms with Gasteiger partial charge in [-0.25, -0.2) is 4.79 Å². The summed E-state index contributed by atoms with van der Waals surface area (Å²) in [5, 5.41) is 2.26. The fourth-order valence-corrected chi connectivity index (χ4v) is 5.40. The summed E-state index contributed by atoms with van der Waals surface area (Å²) in [4.78, 5) is 56.3. The van der Waals surface area contributed by atoms with E-state index >= 15 is 0 Å². The van der Waals surface area contributed by atoms with Gasteiger partial charge in [-0.3, -0.25) is 14.4 Å². The van der Waals surface area contributed by atoms with Crippen LogP contribution in [0.4, 0.5) is 23.7 Å². The zero-order chi connectivity index (χ0) is 32.5. The van der Waals surface area contributed by atoms with E-state index in [0.717, 1.165) is 0 Å². The summed E-state index contributed by atoms with van der Waals surface area (Å²) >= 11 is 6.60. The Balaban J connectivity index is 1.89. The molecule has 2 aliphatic rings. The van der Waals surface area contributed by atoms with Gasteiger partial charge >= 0.3 is 12.3 Å². The molecule has 1 aromatic rings. The third kappa shape index (κ3) is 8.67. The van der Waals surface area contributed by atoms with Crippen LogP contribution in [0.3, 0.4) is 0 Å². The molecule has 14 heteroatoms. The maximum Gasteiger partial charge on any atom is 0.410 e. The zero-order valence-electron chi connectivity index (χ0n) is 25.6. The lowest BCUT2D eigenvalue weighted by atomic mass is 9.99. The molecule has 0 radical (unpaired) electrons. The Kier molecular flexibility index (Phi) is 10.2. The highest BCUT2D eigenvalue weighted by Gasteiger charge is 2.42. The molecule has 4 amide bonds. The predicted molar refractivity (Wildman–Crippen MR) is 154 cm³/mol. The number of nitrogens with zero attached hydrogens (tertiary/aromatic N) is 3. The minimum absolute atomic E-state index is 0.0813. The number of hydrogen-bond acceptors (Lipinski definition) is 6. The Morgan fingerprint density at radius 3 is 2.44 bits per heavy atom. The molecule has 10 nitrogen and oxygen atoms in total. The van der Waals surface area contributed by atoms with E-state index in [9.17, 15) is 32.3 Å². The van der Waals surface area contributed by atoms with Crippen LogP contribution in [0.5, 0.6) is 5.75 Å². The second-order valence-electron chi connectivity index (χ2n) is 12.5. The number of ether oxygens (including phenoxy) is 2. The lowest BCUT2D eigenvalue weighted by molar-refractivity contribution is -0.153. The quantitative estimate of drug-likeness (QED) is 0.445. The highest BCUT2D eigenvalue weighted by atomic mass is 35.5. The number of carbonyl (C=O) groups is 4. The van der Waals surface area contributed by atoms with Crippen LogP contribution in [0, 0.1) is 0 Å². The minimum Gasteiger partial charge on any atom is -0.476 e. The summed E-state index contributed by atoms with van der Waals surface area (Å²) in [6.45, 7) is 12.4. The molecule has 1 N–H and O–H groups in total. The third-order valence-electron chi connectivity index (χ3n) is 6.95. The summed E-state index contributed by atoms with van der Waals surface area (Å²) < 4.78 is 49.1. The lowest BCUT2D eigenvalue weighted by Crippen LogP contribution is -2.55. The Hall–Kier alpha value is -3.22. The van der Waals surface area contributed by atoms with E-state index < -0.39 is 47.6 Å². The number of likely N-dealkylation sites (tertiary alicyclic amines) is 1. The second-order valence-corrected chi connectivity index (χ2v) is 12.9. The number of anilines is 1. The summed E-state index contributed by atoms with van der Waals surface area (Å²) in [5.41, 5.74) is -1.72. The monoisotopic (exact) mass is 632 g/mol. The number of rotatable bonds is 7. The molecule has 0 aliphatic carbocycles. The first kappa shape index (κ1) is 34.3. The Morgan fingerprint density at radius 1 is 1.21 bits per heavy atom. The van der Waals surface area contributed by atoms with Crippen LogP contribution < -0.4 is 15.0 Å². The van der Waals surface area contributed by atoms with Crippen molar-refractivity contribution < 1.29 is 41.8 Å². The van der Waals surface area contributed by atoms with E-state index in [1.54, 1.807) is 30.6 Å². The first-order valence-electron chi connectivity index (χ1n) is 14.2. The summed E-state index contributed by atoms with van der Waals surface area (Å²) in [7, 11) is 0. The molecule has 0 aromatic heterocycles. The number of benzene rings is 1. The van der Waals surface area contributed by atoms with Gasteiger partial charge in [0.25, 0.3) is 11.8 Å². The van der Waals surface area contributed by atoms with E-state index in [2.05, 4.69) is 5.32 Å². The van der Waals surface area contributed by atoms with Gasteiger partial charge in [-0.2, -0.15) is 13.2 Å². The molecule has 0 unspecified atom stereocenters. The summed E-state index contributed by atoms with van der Waals surface area (Å²) in [5.74, 6) is -1.95. The van der Waals surface area contributed by atoms with Crippen molar-refractivity contribution in [3.63, 3.8) is 0 Å². The SMILES string of the molecule is CC(C)N(C(=O)c1cc2c(cc1Cl)OC(C)(C)C(=O)N2CCNC(=O)CC(F)(F)F)[C@@H]1CCCN(C(=O)OC(C)(C)C)C1. The molecule has 2 aliphatic heterocycles. The van der Waals surface area contributed by atoms with Crippen molar-refractivity contribution in [1.82, 2.24) is 15.1 Å². The molecule has 240 valence electrons. The van der Waals surface area contributed by atoms with Crippen LogP contribution in [-0.2, 0) is 14.3 Å². The minimum atomic E-state index is -4.66. The van der Waals surface area contributed by atoms with Crippen LogP contribution in [0.1, 0.15) is 78.1 Å². The lowest BCUT2D eigenvalue weighted by Gasteiger charge is -2.42. The van der Waals surface area contributed by atoms with Gasteiger partial charge in [0, 0.05) is 38.3 Å². The fourth-order valence-electron chi connectivity index (χ4n) is 5.16. The van der Waals surface area contributed by atoms with Gasteiger partial charge in [-0.1, -0.05) is 11.6 Å². The van der Waals surface area contributed by atoms with Crippen molar-refractivity contribution in [2.45, 2.75) is 97.2 Å². The molecule has 0 spiro atoms. The highest BCUT2D eigenvalue weighted by Crippen LogP contribution is 2.41. The van der Waals surface area contributed by atoms with Gasteiger partial charge in [0.1, 0.15) is 17.8 Å². The van der Waals surface area contributed by atoms with Gasteiger partial charge < -0.3 is 29.5 Å². The van der Waals surface area contributed by atoms with Crippen molar-refractivity contribution in [1.29, 1.82) is 0 Å². The standard InChI is InChI=1S/C29H40ClF3N4O6/c1-17(2)37(18-9-8-11-35(16-18)26(41)43-27(3,4)5)24(39)19-13-21-22(14-20(19)30)42-28(6,7)25(40)36(21)12-10-34-23(38)15-29(31,32)33/h13-14,17-18H,8-12,15-16H2,1-7H3,(H,34,38)/t18-/m1/s1. The van der Waals surface area contributed by atoms with Crippen LogP contribution in [0.25, 0.3) is 0 Å². The average molecular weight is 633 g/mol. The summed E-state index contributed by atoms with van der Waals surface area (Å²) in [6.07, 6.45) is -5.46. The molecular formula is C29H40ClF3N4O6. The smallest absolute Gasteiger partial charge is 0.410 e. The number of fused-ring (bicyclic) bond motifs is 1. The third-order valence-corrected chi connectivity index (χ3v) is 7.26. The molecule has 0 saturated carbocycles. The number of hydrogen-bond donors (Lipinski definition) is 1. The maximum atomic E-state index is 14.0. The average Bonchev–Trinajstić information content (AvgIpc) is 2.84. The Bertz CT molecular complexity index is 1250. The number of alkyl halides is 3. The largest absolute Gasteiger partial charge is 0.476 e. The van der Waals surface area contributed by atoms with Crippen LogP contribution in [0.15, 0.2) is 12.1 Å². The number of halogens is 4. The number of piperidine rings is 1. The van der Waals surface area contributed by atoms with E-state index in [4.69, 9.17) is 21.1 Å². The van der Waals surface area contributed by atoms with Crippen molar-refractivity contribution >= 4 is 41.1 Å². The van der Waals surface area contributed by atoms with Gasteiger partial charge in [0.15, 0.2) is 5.60 Å². The number of amides is 4. The number of carbonyl (C=O) groups excluding carboxylic acids is 4. The molecule has 1 fully saturated rings. The van der Waals surface area contributed by atoms with E-state index in [1.807, 2.05) is 13.8 Å². The second kappa shape index (κ2) is 12.8. The zero-order valence-corrected chi connectivity index (χ0v) is 26.3. The summed E-state index contributed by atoms with van der Waals surface area (Å²) in [6, 6.07) is 2.24. The Labute approximate surface area is 254 Å². The maximum absolute atomic E-state index is 14.0. The molecule has 43 heavy (non-hydrogen) atoms. The predicted octanol–water partition coefficient (Wildman–Crippen LogP) is 5.16. The van der Waals surface area contributed by atoms with Crippen LogP contribution in [0.2, 0.25) is 5.02 Å². The van der Waals surface area contributed by atoms with E-state index in [1.165, 1.54) is 30.9 Å². The first-order valence-corrected chi connectivity index (χ1v) is 14.6. The van der Waals surface area contributed by atoms with E-state index in [-0.39, 0.29) is 53.7 Å². The fraction of sp³-hybridized carbons (Fsp3) is 0.655. The van der Waals surface area contributed by atoms with Gasteiger partial charge in [0.05, 0.1) is 22.3 Å². The molecule has 1 atom stereocenters. The topological polar surface area (TPSA) is 108 Å². The first-order chi connectivity index (χ1) is 19.7. The molecule has 2 heterocycles. The van der Waals surface area contributed by atoms with Crippen molar-refractivity contribution in [2.75, 3.05) is 31.1 Å². The highest BCUT2D eigenvalue weighted by molar-refractivity contribution is 6.34. The van der Waals surface area contributed by atoms with Crippen LogP contribution >= 0.6 is 11.6 Å². The molecular weight excluding hydrogens is 593 g/mol. The molecule has 1 saturated heterocycles.